The van der Waals surface area contributed by atoms with Gasteiger partial charge in [0.05, 0.1) is 12.6 Å². The fraction of sp³-hybridized carbons (Fsp3) is 0.500. The third kappa shape index (κ3) is 3.80. The summed E-state index contributed by atoms with van der Waals surface area (Å²) in [6.07, 6.45) is 2.45. The summed E-state index contributed by atoms with van der Waals surface area (Å²) in [5.41, 5.74) is 3.72. The molecule has 0 radical (unpaired) electrons. The van der Waals surface area contributed by atoms with Gasteiger partial charge in [-0.05, 0) is 51.9 Å². The zero-order valence-corrected chi connectivity index (χ0v) is 16.9. The molecule has 6 heteroatoms. The summed E-state index contributed by atoms with van der Waals surface area (Å²) >= 11 is 0. The number of Topliss-reactive ketones (excluding diaryl/α,β-unsaturated/α-hetero) is 1. The van der Waals surface area contributed by atoms with Crippen molar-refractivity contribution >= 4 is 5.78 Å². The molecule has 0 spiro atoms. The summed E-state index contributed by atoms with van der Waals surface area (Å²) in [7, 11) is 1.99. The van der Waals surface area contributed by atoms with E-state index in [-0.39, 0.29) is 11.9 Å². The monoisotopic (exact) mass is 384 g/mol. The summed E-state index contributed by atoms with van der Waals surface area (Å²) in [6.45, 7) is 7.18. The number of carbonyl (C=O) groups excluding carboxylic acids is 1. The Kier molecular flexibility index (Phi) is 5.42. The van der Waals surface area contributed by atoms with Crippen LogP contribution in [0.1, 0.15) is 34.6 Å². The molecule has 6 nitrogen and oxygen atoms in total. The third-order valence-corrected chi connectivity index (χ3v) is 5.47. The average Bonchev–Trinajstić information content (AvgIpc) is 3.28. The average molecular weight is 384 g/mol. The highest BCUT2D eigenvalue weighted by atomic mass is 16.6. The topological polar surface area (TPSA) is 52.9 Å². The Morgan fingerprint density at radius 2 is 1.93 bits per heavy atom. The fourth-order valence-corrected chi connectivity index (χ4v) is 4.14. The largest absolute Gasteiger partial charge is 0.486 e. The molecule has 1 unspecified atom stereocenters. The van der Waals surface area contributed by atoms with E-state index in [2.05, 4.69) is 9.47 Å². The van der Waals surface area contributed by atoms with Crippen LogP contribution in [0.2, 0.25) is 0 Å². The van der Waals surface area contributed by atoms with Crippen molar-refractivity contribution in [3.8, 4) is 17.2 Å². The lowest BCUT2D eigenvalue weighted by atomic mass is 10.1. The molecule has 4 rings (SSSR count). The molecule has 1 fully saturated rings. The first kappa shape index (κ1) is 19.0. The number of nitrogens with zero attached hydrogens (tertiary/aromatic N) is 2. The highest BCUT2D eigenvalue weighted by Crippen LogP contribution is 2.33. The number of ether oxygens (including phenoxy) is 3. The Hall–Kier alpha value is -2.31. The van der Waals surface area contributed by atoms with Crippen molar-refractivity contribution in [3.63, 3.8) is 0 Å². The number of likely N-dealkylation sites (N-methyl/N-ethyl adjacent to an activating group) is 1. The minimum Gasteiger partial charge on any atom is -0.486 e. The zero-order chi connectivity index (χ0) is 19.7. The standard InChI is InChI=1S/C22H28N2O4/c1-15-11-19(20(25)14-23(3)13-18-5-4-8-26-18)16(2)24(15)17-6-7-21-22(12-17)28-10-9-27-21/h6-7,11-12,18H,4-5,8-10,13-14H2,1-3H3. The van der Waals surface area contributed by atoms with Gasteiger partial charge in [0.15, 0.2) is 17.3 Å². The Morgan fingerprint density at radius 1 is 1.14 bits per heavy atom. The number of hydrogen-bond donors (Lipinski definition) is 0. The van der Waals surface area contributed by atoms with Crippen LogP contribution < -0.4 is 9.47 Å². The number of benzene rings is 1. The molecule has 1 aromatic heterocycles. The molecule has 2 aliphatic heterocycles. The molecule has 2 aromatic rings. The highest BCUT2D eigenvalue weighted by Gasteiger charge is 2.22. The Morgan fingerprint density at radius 3 is 2.68 bits per heavy atom. The van der Waals surface area contributed by atoms with Crippen LogP contribution in [0.15, 0.2) is 24.3 Å². The van der Waals surface area contributed by atoms with Crippen LogP contribution in [0.4, 0.5) is 0 Å². The molecule has 0 saturated carbocycles. The number of hydrogen-bond acceptors (Lipinski definition) is 5. The Balaban J connectivity index is 1.52. The second-order valence-electron chi connectivity index (χ2n) is 7.70. The lowest BCUT2D eigenvalue weighted by Gasteiger charge is -2.20. The third-order valence-electron chi connectivity index (χ3n) is 5.47. The van der Waals surface area contributed by atoms with Gasteiger partial charge in [-0.1, -0.05) is 0 Å². The lowest BCUT2D eigenvalue weighted by Crippen LogP contribution is -2.33. The first-order chi connectivity index (χ1) is 13.5. The number of aryl methyl sites for hydroxylation is 1. The Labute approximate surface area is 166 Å². The molecule has 0 amide bonds. The molecule has 3 heterocycles. The molecule has 150 valence electrons. The van der Waals surface area contributed by atoms with E-state index in [0.717, 1.165) is 60.1 Å². The number of aromatic nitrogens is 1. The first-order valence-electron chi connectivity index (χ1n) is 9.95. The van der Waals surface area contributed by atoms with Crippen LogP contribution in [0.5, 0.6) is 11.5 Å². The van der Waals surface area contributed by atoms with Gasteiger partial charge in [0.1, 0.15) is 13.2 Å². The summed E-state index contributed by atoms with van der Waals surface area (Å²) in [5, 5.41) is 0. The van der Waals surface area contributed by atoms with Crippen LogP contribution in [-0.4, -0.2) is 61.3 Å². The van der Waals surface area contributed by atoms with Crippen molar-refractivity contribution in [1.82, 2.24) is 9.47 Å². The highest BCUT2D eigenvalue weighted by molar-refractivity contribution is 5.99. The number of rotatable bonds is 6. The van der Waals surface area contributed by atoms with Crippen molar-refractivity contribution in [2.24, 2.45) is 0 Å². The summed E-state index contributed by atoms with van der Waals surface area (Å²) in [6, 6.07) is 7.89. The molecule has 1 aromatic carbocycles. The van der Waals surface area contributed by atoms with Gasteiger partial charge in [0.2, 0.25) is 0 Å². The molecule has 2 aliphatic rings. The van der Waals surface area contributed by atoms with Gasteiger partial charge in [-0.25, -0.2) is 0 Å². The quantitative estimate of drug-likeness (QED) is 0.716. The summed E-state index contributed by atoms with van der Waals surface area (Å²) in [5.74, 6) is 1.65. The van der Waals surface area contributed by atoms with Gasteiger partial charge in [-0.2, -0.15) is 0 Å². The summed E-state index contributed by atoms with van der Waals surface area (Å²) < 4.78 is 19.1. The number of fused-ring (bicyclic) bond motifs is 1. The van der Waals surface area contributed by atoms with E-state index in [0.29, 0.717) is 19.8 Å². The minimum absolute atomic E-state index is 0.136. The van der Waals surface area contributed by atoms with E-state index in [1.807, 2.05) is 45.2 Å². The van der Waals surface area contributed by atoms with Gasteiger partial charge in [0, 0.05) is 41.9 Å². The van der Waals surface area contributed by atoms with Gasteiger partial charge >= 0.3 is 0 Å². The minimum atomic E-state index is 0.136. The second kappa shape index (κ2) is 7.97. The van der Waals surface area contributed by atoms with Crippen molar-refractivity contribution in [2.45, 2.75) is 32.8 Å². The normalized spacial score (nSPS) is 18.6. The smallest absolute Gasteiger partial charge is 0.178 e. The molecule has 28 heavy (non-hydrogen) atoms. The van der Waals surface area contributed by atoms with Crippen molar-refractivity contribution in [3.05, 3.63) is 41.2 Å². The zero-order valence-electron chi connectivity index (χ0n) is 16.9. The predicted molar refractivity (Wildman–Crippen MR) is 107 cm³/mol. The van der Waals surface area contributed by atoms with E-state index in [1.54, 1.807) is 0 Å². The van der Waals surface area contributed by atoms with E-state index < -0.39 is 0 Å². The molecular formula is C22H28N2O4. The van der Waals surface area contributed by atoms with Crippen molar-refractivity contribution in [1.29, 1.82) is 0 Å². The van der Waals surface area contributed by atoms with Crippen molar-refractivity contribution in [2.75, 3.05) is 40.0 Å². The molecular weight excluding hydrogens is 356 g/mol. The van der Waals surface area contributed by atoms with Gasteiger partial charge in [0.25, 0.3) is 0 Å². The van der Waals surface area contributed by atoms with E-state index in [1.165, 1.54) is 0 Å². The molecule has 1 saturated heterocycles. The molecule has 0 bridgehead atoms. The van der Waals surface area contributed by atoms with Crippen LogP contribution in [-0.2, 0) is 4.74 Å². The lowest BCUT2D eigenvalue weighted by molar-refractivity contribution is 0.0740. The molecule has 0 aliphatic carbocycles. The van der Waals surface area contributed by atoms with E-state index in [4.69, 9.17) is 14.2 Å². The maximum absolute atomic E-state index is 12.9. The first-order valence-corrected chi connectivity index (χ1v) is 9.95. The van der Waals surface area contributed by atoms with Crippen LogP contribution >= 0.6 is 0 Å². The van der Waals surface area contributed by atoms with Crippen LogP contribution in [0, 0.1) is 13.8 Å². The predicted octanol–water partition coefficient (Wildman–Crippen LogP) is 3.16. The number of ketones is 1. The Bertz CT molecular complexity index is 868. The van der Waals surface area contributed by atoms with Gasteiger partial charge in [-0.3, -0.25) is 9.69 Å². The molecule has 1 atom stereocenters. The number of carbonyl (C=O) groups is 1. The van der Waals surface area contributed by atoms with Crippen molar-refractivity contribution < 1.29 is 19.0 Å². The van der Waals surface area contributed by atoms with Crippen LogP contribution in [0.25, 0.3) is 5.69 Å². The second-order valence-corrected chi connectivity index (χ2v) is 7.70. The van der Waals surface area contributed by atoms with E-state index in [9.17, 15) is 4.79 Å². The SMILES string of the molecule is Cc1cc(C(=O)CN(C)CC2CCCO2)c(C)n1-c1ccc2c(c1)OCCO2. The van der Waals surface area contributed by atoms with Crippen LogP contribution in [0.3, 0.4) is 0 Å². The maximum Gasteiger partial charge on any atom is 0.178 e. The van der Waals surface area contributed by atoms with Gasteiger partial charge < -0.3 is 18.8 Å². The van der Waals surface area contributed by atoms with E-state index >= 15 is 0 Å². The van der Waals surface area contributed by atoms with Gasteiger partial charge in [-0.15, -0.1) is 0 Å². The molecule has 0 N–H and O–H groups in total. The summed E-state index contributed by atoms with van der Waals surface area (Å²) in [4.78, 5) is 15.0. The fourth-order valence-electron chi connectivity index (χ4n) is 4.14. The maximum atomic E-state index is 12.9.